The lowest BCUT2D eigenvalue weighted by Gasteiger charge is -2.22. The fourth-order valence-electron chi connectivity index (χ4n) is 3.24. The molecule has 1 aromatic carbocycles. The highest BCUT2D eigenvalue weighted by Gasteiger charge is 2.33. The zero-order chi connectivity index (χ0) is 15.9. The molecule has 0 radical (unpaired) electrons. The van der Waals surface area contributed by atoms with Gasteiger partial charge in [-0.2, -0.15) is 0 Å². The third-order valence-electron chi connectivity index (χ3n) is 4.40. The molecule has 1 aromatic heterocycles. The minimum Gasteiger partial charge on any atom is -0.481 e. The van der Waals surface area contributed by atoms with Crippen LogP contribution in [0.4, 0.5) is 0 Å². The summed E-state index contributed by atoms with van der Waals surface area (Å²) in [5.41, 5.74) is 2.55. The summed E-state index contributed by atoms with van der Waals surface area (Å²) >= 11 is 0. The number of fused-ring (bicyclic) bond motifs is 1. The van der Waals surface area contributed by atoms with Crippen LogP contribution < -0.4 is 0 Å². The molecule has 0 aliphatic carbocycles. The van der Waals surface area contributed by atoms with Gasteiger partial charge >= 0.3 is 5.97 Å². The smallest absolute Gasteiger partial charge is 0.305 e. The van der Waals surface area contributed by atoms with E-state index in [2.05, 4.69) is 0 Å². The number of furan rings is 1. The number of benzene rings is 1. The molecular weight excluding hydrogens is 282 g/mol. The van der Waals surface area contributed by atoms with E-state index in [-0.39, 0.29) is 18.4 Å². The van der Waals surface area contributed by atoms with Crippen molar-refractivity contribution in [1.29, 1.82) is 0 Å². The second-order valence-corrected chi connectivity index (χ2v) is 5.90. The molecule has 1 saturated heterocycles. The van der Waals surface area contributed by atoms with Gasteiger partial charge in [0, 0.05) is 23.5 Å². The molecule has 3 rings (SSSR count). The molecule has 1 unspecified atom stereocenters. The zero-order valence-electron chi connectivity index (χ0n) is 12.8. The first-order chi connectivity index (χ1) is 10.5. The van der Waals surface area contributed by atoms with Gasteiger partial charge in [-0.15, -0.1) is 0 Å². The lowest BCUT2D eigenvalue weighted by Crippen LogP contribution is -2.36. The molecule has 116 valence electrons. The number of carbonyl (C=O) groups excluding carboxylic acids is 1. The number of para-hydroxylation sites is 1. The van der Waals surface area contributed by atoms with Crippen LogP contribution in [0.5, 0.6) is 0 Å². The van der Waals surface area contributed by atoms with Gasteiger partial charge in [-0.1, -0.05) is 18.2 Å². The van der Waals surface area contributed by atoms with Crippen LogP contribution in [0.25, 0.3) is 11.0 Å². The number of rotatable bonds is 3. The molecule has 0 spiro atoms. The van der Waals surface area contributed by atoms with E-state index in [1.807, 2.05) is 32.0 Å². The van der Waals surface area contributed by atoms with Gasteiger partial charge in [0.05, 0.1) is 6.42 Å². The molecule has 5 nitrogen and oxygen atoms in total. The number of hydrogen-bond donors (Lipinski definition) is 1. The number of nitrogens with zero attached hydrogens (tertiary/aromatic N) is 1. The van der Waals surface area contributed by atoms with Gasteiger partial charge in [-0.3, -0.25) is 9.59 Å². The maximum atomic E-state index is 12.8. The minimum absolute atomic E-state index is 0.00988. The summed E-state index contributed by atoms with van der Waals surface area (Å²) in [6.07, 6.45) is 1.56. The molecule has 0 saturated carbocycles. The van der Waals surface area contributed by atoms with Crippen molar-refractivity contribution < 1.29 is 19.1 Å². The Hall–Kier alpha value is -2.30. The van der Waals surface area contributed by atoms with Gasteiger partial charge in [0.15, 0.2) is 5.76 Å². The molecule has 1 amide bonds. The maximum Gasteiger partial charge on any atom is 0.305 e. The summed E-state index contributed by atoms with van der Waals surface area (Å²) in [6, 6.07) is 5.59. The van der Waals surface area contributed by atoms with Crippen molar-refractivity contribution in [2.45, 2.75) is 39.2 Å². The Morgan fingerprint density at radius 3 is 2.82 bits per heavy atom. The molecule has 2 heterocycles. The fourth-order valence-corrected chi connectivity index (χ4v) is 3.24. The quantitative estimate of drug-likeness (QED) is 0.945. The molecule has 0 bridgehead atoms. The molecule has 1 aliphatic rings. The number of aryl methyl sites for hydroxylation is 2. The number of carbonyl (C=O) groups is 2. The van der Waals surface area contributed by atoms with E-state index < -0.39 is 5.97 Å². The van der Waals surface area contributed by atoms with Gasteiger partial charge in [0.2, 0.25) is 0 Å². The average molecular weight is 301 g/mol. The van der Waals surface area contributed by atoms with Crippen LogP contribution in [0.3, 0.4) is 0 Å². The third-order valence-corrected chi connectivity index (χ3v) is 4.40. The molecule has 1 N–H and O–H groups in total. The Morgan fingerprint density at radius 1 is 1.36 bits per heavy atom. The summed E-state index contributed by atoms with van der Waals surface area (Å²) in [4.78, 5) is 25.4. The molecule has 5 heteroatoms. The van der Waals surface area contributed by atoms with Crippen molar-refractivity contribution in [3.05, 3.63) is 35.1 Å². The second-order valence-electron chi connectivity index (χ2n) is 5.90. The van der Waals surface area contributed by atoms with Gasteiger partial charge < -0.3 is 14.4 Å². The van der Waals surface area contributed by atoms with E-state index in [0.717, 1.165) is 34.9 Å². The van der Waals surface area contributed by atoms with Crippen LogP contribution in [0, 0.1) is 13.8 Å². The fraction of sp³-hybridized carbons (Fsp3) is 0.412. The number of carboxylic acid groups (broad SMARTS) is 1. The van der Waals surface area contributed by atoms with Crippen LogP contribution in [0.1, 0.15) is 40.9 Å². The van der Waals surface area contributed by atoms with Crippen LogP contribution in [-0.2, 0) is 4.79 Å². The van der Waals surface area contributed by atoms with Crippen molar-refractivity contribution in [1.82, 2.24) is 4.90 Å². The summed E-state index contributed by atoms with van der Waals surface area (Å²) in [6.45, 7) is 4.41. The zero-order valence-corrected chi connectivity index (χ0v) is 12.8. The SMILES string of the molecule is Cc1c(C(=O)N2CCCC2CC(=O)O)oc2c(C)cccc12. The first-order valence-corrected chi connectivity index (χ1v) is 7.50. The summed E-state index contributed by atoms with van der Waals surface area (Å²) in [5, 5.41) is 9.93. The van der Waals surface area contributed by atoms with Gasteiger partial charge in [0.1, 0.15) is 5.58 Å². The monoisotopic (exact) mass is 301 g/mol. The van der Waals surface area contributed by atoms with Gasteiger partial charge in [-0.25, -0.2) is 0 Å². The van der Waals surface area contributed by atoms with E-state index in [1.54, 1.807) is 4.90 Å². The van der Waals surface area contributed by atoms with E-state index >= 15 is 0 Å². The largest absolute Gasteiger partial charge is 0.481 e. The first kappa shape index (κ1) is 14.6. The van der Waals surface area contributed by atoms with Crippen molar-refractivity contribution in [2.24, 2.45) is 0 Å². The van der Waals surface area contributed by atoms with Crippen molar-refractivity contribution in [3.8, 4) is 0 Å². The Bertz CT molecular complexity index is 746. The topological polar surface area (TPSA) is 70.8 Å². The van der Waals surface area contributed by atoms with Crippen LogP contribution in [-0.4, -0.2) is 34.5 Å². The van der Waals surface area contributed by atoms with Crippen LogP contribution >= 0.6 is 0 Å². The van der Waals surface area contributed by atoms with Gasteiger partial charge in [0.25, 0.3) is 5.91 Å². The molecule has 2 aromatic rings. The highest BCUT2D eigenvalue weighted by atomic mass is 16.4. The van der Waals surface area contributed by atoms with Crippen LogP contribution in [0.15, 0.2) is 22.6 Å². The lowest BCUT2D eigenvalue weighted by molar-refractivity contribution is -0.137. The molecule has 1 atom stereocenters. The van der Waals surface area contributed by atoms with Crippen molar-refractivity contribution in [3.63, 3.8) is 0 Å². The summed E-state index contributed by atoms with van der Waals surface area (Å²) < 4.78 is 5.82. The summed E-state index contributed by atoms with van der Waals surface area (Å²) in [7, 11) is 0. The van der Waals surface area contributed by atoms with Crippen molar-refractivity contribution in [2.75, 3.05) is 6.54 Å². The lowest BCUT2D eigenvalue weighted by atomic mass is 10.1. The normalized spacial score (nSPS) is 18.1. The Balaban J connectivity index is 1.97. The Labute approximate surface area is 128 Å². The van der Waals surface area contributed by atoms with Gasteiger partial charge in [-0.05, 0) is 32.3 Å². The Morgan fingerprint density at radius 2 is 2.14 bits per heavy atom. The third kappa shape index (κ3) is 2.36. The predicted molar refractivity (Wildman–Crippen MR) is 82.0 cm³/mol. The van der Waals surface area contributed by atoms with Crippen LogP contribution in [0.2, 0.25) is 0 Å². The number of hydrogen-bond acceptors (Lipinski definition) is 3. The van der Waals surface area contributed by atoms with E-state index in [0.29, 0.717) is 12.3 Å². The average Bonchev–Trinajstić information content (AvgIpc) is 3.04. The first-order valence-electron chi connectivity index (χ1n) is 7.50. The Kier molecular flexibility index (Phi) is 3.64. The highest BCUT2D eigenvalue weighted by molar-refractivity contribution is 5.99. The molecule has 1 aliphatic heterocycles. The van der Waals surface area contributed by atoms with Crippen molar-refractivity contribution >= 4 is 22.8 Å². The minimum atomic E-state index is -0.873. The second kappa shape index (κ2) is 5.48. The molecule has 1 fully saturated rings. The standard InChI is InChI=1S/C17H19NO4/c1-10-5-3-7-13-11(2)16(22-15(10)13)17(21)18-8-4-6-12(18)9-14(19)20/h3,5,7,12H,4,6,8-9H2,1-2H3,(H,19,20). The van der Waals surface area contributed by atoms with E-state index in [9.17, 15) is 9.59 Å². The van der Waals surface area contributed by atoms with E-state index in [4.69, 9.17) is 9.52 Å². The predicted octanol–water partition coefficient (Wildman–Crippen LogP) is 3.13. The summed E-state index contributed by atoms with van der Waals surface area (Å²) in [5.74, 6) is -0.736. The molecular formula is C17H19NO4. The van der Waals surface area contributed by atoms with E-state index in [1.165, 1.54) is 0 Å². The number of likely N-dealkylation sites (tertiary alicyclic amines) is 1. The highest BCUT2D eigenvalue weighted by Crippen LogP contribution is 2.30. The number of carboxylic acids is 1. The molecule has 22 heavy (non-hydrogen) atoms. The number of aliphatic carboxylic acids is 1. The maximum absolute atomic E-state index is 12.8. The number of amides is 1.